The molecule has 42 heavy (non-hydrogen) atoms. The van der Waals surface area contributed by atoms with E-state index in [1.807, 2.05) is 60.9 Å². The van der Waals surface area contributed by atoms with Crippen LogP contribution < -0.4 is 19.6 Å². The molecule has 0 unspecified atom stereocenters. The number of fused-ring (bicyclic) bond motifs is 1. The average molecular weight is 666 g/mol. The SMILES string of the molecule is CCOC(=O)C1=C(c2ccccc2)N=c2s/c(=C/c3ccc(OCC(=O)O)c(Br)c3)c(=O)n2[C@H]1c1ccc(SC)cc1. The molecule has 2 heterocycles. The number of carbonyl (C=O) groups excluding carboxylic acids is 1. The van der Waals surface area contributed by atoms with Gasteiger partial charge in [0.2, 0.25) is 0 Å². The predicted molar refractivity (Wildman–Crippen MR) is 167 cm³/mol. The average Bonchev–Trinajstić information content (AvgIpc) is 3.30. The van der Waals surface area contributed by atoms with Gasteiger partial charge in [-0.3, -0.25) is 9.36 Å². The molecule has 11 heteroatoms. The number of esters is 1. The molecule has 8 nitrogen and oxygen atoms in total. The van der Waals surface area contributed by atoms with E-state index in [4.69, 9.17) is 19.6 Å². The Hall–Kier alpha value is -3.93. The molecule has 1 aromatic heterocycles. The Morgan fingerprint density at radius 2 is 1.86 bits per heavy atom. The third-order valence-electron chi connectivity index (χ3n) is 6.41. The monoisotopic (exact) mass is 664 g/mol. The summed E-state index contributed by atoms with van der Waals surface area (Å²) in [6.45, 7) is 1.45. The molecule has 0 saturated carbocycles. The molecular formula is C31H25BrN2O6S2. The van der Waals surface area contributed by atoms with Gasteiger partial charge in [-0.1, -0.05) is 59.9 Å². The number of benzene rings is 3. The van der Waals surface area contributed by atoms with Crippen molar-refractivity contribution in [2.75, 3.05) is 19.5 Å². The van der Waals surface area contributed by atoms with Gasteiger partial charge in [0.25, 0.3) is 5.56 Å². The molecule has 214 valence electrons. The second kappa shape index (κ2) is 12.9. The van der Waals surface area contributed by atoms with Crippen LogP contribution in [0, 0.1) is 0 Å². The van der Waals surface area contributed by atoms with E-state index in [0.717, 1.165) is 16.0 Å². The number of hydrogen-bond donors (Lipinski definition) is 1. The maximum Gasteiger partial charge on any atom is 0.341 e. The van der Waals surface area contributed by atoms with E-state index < -0.39 is 24.6 Å². The number of carboxylic acids is 1. The minimum Gasteiger partial charge on any atom is -0.481 e. The summed E-state index contributed by atoms with van der Waals surface area (Å²) in [5, 5.41) is 8.91. The third-order valence-corrected chi connectivity index (χ3v) is 8.76. The zero-order valence-electron chi connectivity index (χ0n) is 22.6. The maximum absolute atomic E-state index is 14.0. The van der Waals surface area contributed by atoms with Crippen molar-refractivity contribution >= 4 is 62.7 Å². The number of carbonyl (C=O) groups is 2. The van der Waals surface area contributed by atoms with E-state index in [9.17, 15) is 14.4 Å². The first-order valence-electron chi connectivity index (χ1n) is 12.9. The number of aliphatic carboxylic acids is 1. The summed E-state index contributed by atoms with van der Waals surface area (Å²) in [7, 11) is 0. The van der Waals surface area contributed by atoms with Crippen LogP contribution in [-0.4, -0.2) is 41.1 Å². The lowest BCUT2D eigenvalue weighted by molar-refractivity contribution is -0.140. The summed E-state index contributed by atoms with van der Waals surface area (Å²) in [6.07, 6.45) is 3.72. The van der Waals surface area contributed by atoms with Gasteiger partial charge < -0.3 is 14.6 Å². The zero-order valence-corrected chi connectivity index (χ0v) is 25.8. The van der Waals surface area contributed by atoms with Crippen LogP contribution in [0.1, 0.15) is 29.7 Å². The molecule has 3 aromatic carbocycles. The standard InChI is InChI=1S/C31H25BrN2O6S2/c1-3-39-30(38)26-27(19-7-5-4-6-8-19)33-31-34(28(26)20-10-12-21(41-2)13-11-20)29(37)24(42-31)16-18-9-14-23(22(32)15-18)40-17-25(35)36/h4-16,28H,3,17H2,1-2H3,(H,35,36)/b24-16+/t28-/m0/s1. The first-order valence-corrected chi connectivity index (χ1v) is 15.7. The summed E-state index contributed by atoms with van der Waals surface area (Å²) in [5.41, 5.74) is 2.65. The molecule has 0 fully saturated rings. The van der Waals surface area contributed by atoms with E-state index in [-0.39, 0.29) is 12.2 Å². The van der Waals surface area contributed by atoms with E-state index in [1.54, 1.807) is 47.5 Å². The molecule has 0 amide bonds. The Balaban J connectivity index is 1.72. The normalized spacial score (nSPS) is 14.7. The summed E-state index contributed by atoms with van der Waals surface area (Å²) >= 11 is 6.24. The highest BCUT2D eigenvalue weighted by Crippen LogP contribution is 2.35. The molecule has 0 radical (unpaired) electrons. The number of nitrogens with zero attached hydrogens (tertiary/aromatic N) is 2. The van der Waals surface area contributed by atoms with Crippen molar-refractivity contribution in [3.8, 4) is 5.75 Å². The van der Waals surface area contributed by atoms with Gasteiger partial charge in [0.1, 0.15) is 5.75 Å². The van der Waals surface area contributed by atoms with Gasteiger partial charge in [-0.25, -0.2) is 14.6 Å². The zero-order chi connectivity index (χ0) is 29.8. The summed E-state index contributed by atoms with van der Waals surface area (Å²) < 4.78 is 13.3. The summed E-state index contributed by atoms with van der Waals surface area (Å²) in [6, 6.07) is 21.5. The van der Waals surface area contributed by atoms with Gasteiger partial charge >= 0.3 is 11.9 Å². The maximum atomic E-state index is 14.0. The fourth-order valence-electron chi connectivity index (χ4n) is 4.56. The van der Waals surface area contributed by atoms with Crippen molar-refractivity contribution in [3.05, 3.63) is 119 Å². The van der Waals surface area contributed by atoms with E-state index >= 15 is 0 Å². The lowest BCUT2D eigenvalue weighted by Gasteiger charge is -2.26. The molecule has 5 rings (SSSR count). The molecule has 1 atom stereocenters. The number of ether oxygens (including phenoxy) is 2. The van der Waals surface area contributed by atoms with Crippen molar-refractivity contribution in [2.45, 2.75) is 17.9 Å². The highest BCUT2D eigenvalue weighted by Gasteiger charge is 2.35. The Bertz CT molecular complexity index is 1860. The van der Waals surface area contributed by atoms with Crippen LogP contribution in [0.2, 0.25) is 0 Å². The van der Waals surface area contributed by atoms with Gasteiger partial charge in [0.15, 0.2) is 11.4 Å². The van der Waals surface area contributed by atoms with Gasteiger partial charge in [-0.05, 0) is 70.6 Å². The van der Waals surface area contributed by atoms with Crippen molar-refractivity contribution in [1.82, 2.24) is 4.57 Å². The van der Waals surface area contributed by atoms with Gasteiger partial charge in [-0.2, -0.15) is 0 Å². The highest BCUT2D eigenvalue weighted by atomic mass is 79.9. The van der Waals surface area contributed by atoms with Crippen LogP contribution in [0.3, 0.4) is 0 Å². The first kappa shape index (κ1) is 29.6. The third kappa shape index (κ3) is 6.13. The minimum absolute atomic E-state index is 0.175. The summed E-state index contributed by atoms with van der Waals surface area (Å²) in [4.78, 5) is 44.8. The highest BCUT2D eigenvalue weighted by molar-refractivity contribution is 9.10. The Kier molecular flexibility index (Phi) is 9.10. The number of thiazole rings is 1. The van der Waals surface area contributed by atoms with Crippen molar-refractivity contribution in [2.24, 2.45) is 4.99 Å². The van der Waals surface area contributed by atoms with E-state index in [1.165, 1.54) is 11.3 Å². The molecule has 1 N–H and O–H groups in total. The topological polar surface area (TPSA) is 107 Å². The predicted octanol–water partition coefficient (Wildman–Crippen LogP) is 4.88. The van der Waals surface area contributed by atoms with E-state index in [0.29, 0.717) is 36.4 Å². The number of carboxylic acid groups (broad SMARTS) is 1. The van der Waals surface area contributed by atoms with Crippen LogP contribution in [0.25, 0.3) is 11.8 Å². The van der Waals surface area contributed by atoms with Crippen molar-refractivity contribution < 1.29 is 24.2 Å². The second-order valence-electron chi connectivity index (χ2n) is 9.08. The number of rotatable bonds is 9. The van der Waals surface area contributed by atoms with E-state index in [2.05, 4.69) is 15.9 Å². The molecule has 4 aromatic rings. The van der Waals surface area contributed by atoms with Gasteiger partial charge in [0, 0.05) is 10.5 Å². The molecular weight excluding hydrogens is 640 g/mol. The van der Waals surface area contributed by atoms with Crippen molar-refractivity contribution in [1.29, 1.82) is 0 Å². The van der Waals surface area contributed by atoms with Gasteiger partial charge in [0.05, 0.1) is 32.9 Å². The number of thioether (sulfide) groups is 1. The van der Waals surface area contributed by atoms with Crippen LogP contribution in [0.5, 0.6) is 5.75 Å². The Morgan fingerprint density at radius 3 is 2.50 bits per heavy atom. The van der Waals surface area contributed by atoms with Crippen molar-refractivity contribution in [3.63, 3.8) is 0 Å². The number of halogens is 1. The molecule has 1 aliphatic rings. The van der Waals surface area contributed by atoms with Crippen LogP contribution >= 0.6 is 39.0 Å². The fourth-order valence-corrected chi connectivity index (χ4v) is 6.48. The summed E-state index contributed by atoms with van der Waals surface area (Å²) in [5.74, 6) is -1.24. The van der Waals surface area contributed by atoms with Crippen LogP contribution in [-0.2, 0) is 14.3 Å². The largest absolute Gasteiger partial charge is 0.481 e. The lowest BCUT2D eigenvalue weighted by Crippen LogP contribution is -2.40. The van der Waals surface area contributed by atoms with Gasteiger partial charge in [-0.15, -0.1) is 11.8 Å². The molecule has 0 spiro atoms. The Morgan fingerprint density at radius 1 is 1.12 bits per heavy atom. The van der Waals surface area contributed by atoms with Crippen LogP contribution in [0.4, 0.5) is 0 Å². The fraction of sp³-hybridized carbons (Fsp3) is 0.161. The number of aromatic nitrogens is 1. The Labute approximate surface area is 257 Å². The first-order chi connectivity index (χ1) is 20.3. The number of hydrogen-bond acceptors (Lipinski definition) is 8. The second-order valence-corrected chi connectivity index (χ2v) is 11.8. The molecule has 0 bridgehead atoms. The minimum atomic E-state index is -1.08. The lowest BCUT2D eigenvalue weighted by atomic mass is 9.93. The smallest absolute Gasteiger partial charge is 0.341 e. The van der Waals surface area contributed by atoms with Crippen LogP contribution in [0.15, 0.2) is 97.5 Å². The molecule has 0 saturated heterocycles. The quantitative estimate of drug-likeness (QED) is 0.201. The molecule has 1 aliphatic heterocycles. The molecule has 0 aliphatic carbocycles.